The average molecular weight is 301 g/mol. The highest BCUT2D eigenvalue weighted by Gasteiger charge is 2.19. The molecular weight excluding hydrogens is 286 g/mol. The molecule has 1 unspecified atom stereocenters. The molecule has 1 aliphatic heterocycles. The number of ether oxygens (including phenoxy) is 1. The van der Waals surface area contributed by atoms with Crippen LogP contribution in [0.25, 0.3) is 0 Å². The molecule has 20 heavy (non-hydrogen) atoms. The highest BCUT2D eigenvalue weighted by Crippen LogP contribution is 2.15. The summed E-state index contributed by atoms with van der Waals surface area (Å²) in [6, 6.07) is 4.68. The zero-order valence-electron chi connectivity index (χ0n) is 10.6. The monoisotopic (exact) mass is 301 g/mol. The maximum atomic E-state index is 12.0. The summed E-state index contributed by atoms with van der Waals surface area (Å²) in [7, 11) is -3.67. The van der Waals surface area contributed by atoms with Crippen LogP contribution in [0.3, 0.4) is 0 Å². The second kappa shape index (κ2) is 6.27. The quantitative estimate of drug-likeness (QED) is 0.578. The first-order chi connectivity index (χ1) is 9.49. The van der Waals surface area contributed by atoms with Crippen LogP contribution in [0.5, 0.6) is 0 Å². The number of morpholine rings is 1. The molecule has 2 N–H and O–H groups in total. The molecule has 2 rings (SSSR count). The third-order valence-electron chi connectivity index (χ3n) is 2.88. The molecule has 8 nitrogen and oxygen atoms in total. The third kappa shape index (κ3) is 3.73. The number of nitrogens with one attached hydrogen (secondary N) is 2. The molecule has 1 atom stereocenters. The number of benzene rings is 1. The van der Waals surface area contributed by atoms with Gasteiger partial charge in [0.15, 0.2) is 0 Å². The van der Waals surface area contributed by atoms with E-state index in [-0.39, 0.29) is 23.2 Å². The largest absolute Gasteiger partial charge is 0.378 e. The zero-order chi connectivity index (χ0) is 14.6. The topological polar surface area (TPSA) is 111 Å². The molecular formula is C11H15N3O5S. The van der Waals surface area contributed by atoms with E-state index >= 15 is 0 Å². The maximum absolute atomic E-state index is 12.0. The molecule has 110 valence electrons. The predicted octanol–water partition coefficient (Wildman–Crippen LogP) is -0.138. The van der Waals surface area contributed by atoms with Crippen LogP contribution in [0.1, 0.15) is 0 Å². The minimum atomic E-state index is -3.67. The summed E-state index contributed by atoms with van der Waals surface area (Å²) in [6.07, 6.45) is 0. The molecule has 0 aliphatic carbocycles. The van der Waals surface area contributed by atoms with Gasteiger partial charge in [-0.3, -0.25) is 10.1 Å². The van der Waals surface area contributed by atoms with Crippen LogP contribution in [0.2, 0.25) is 0 Å². The van der Waals surface area contributed by atoms with Gasteiger partial charge in [0.25, 0.3) is 5.69 Å². The van der Waals surface area contributed by atoms with Crippen molar-refractivity contribution in [3.8, 4) is 0 Å². The molecule has 0 radical (unpaired) electrons. The van der Waals surface area contributed by atoms with Crippen molar-refractivity contribution in [1.82, 2.24) is 10.0 Å². The van der Waals surface area contributed by atoms with Gasteiger partial charge in [-0.2, -0.15) is 0 Å². The Morgan fingerprint density at radius 3 is 2.65 bits per heavy atom. The first-order valence-electron chi connectivity index (χ1n) is 6.04. The molecule has 0 aromatic heterocycles. The number of nitro groups is 1. The summed E-state index contributed by atoms with van der Waals surface area (Å²) in [5.41, 5.74) is -0.147. The van der Waals surface area contributed by atoms with Crippen molar-refractivity contribution in [3.63, 3.8) is 0 Å². The molecule has 1 aromatic rings. The lowest BCUT2D eigenvalue weighted by Gasteiger charge is -2.23. The Hall–Kier alpha value is -1.55. The van der Waals surface area contributed by atoms with Gasteiger partial charge in [0.05, 0.1) is 23.0 Å². The molecule has 1 aliphatic rings. The SMILES string of the molecule is O=[N+]([O-])c1ccc(S(=O)(=O)NCC2COCCN2)cc1. The van der Waals surface area contributed by atoms with Crippen molar-refractivity contribution in [3.05, 3.63) is 34.4 Å². The molecule has 0 saturated carbocycles. The van der Waals surface area contributed by atoms with Crippen LogP contribution in [0.15, 0.2) is 29.2 Å². The standard InChI is InChI=1S/C11H15N3O5S/c15-14(16)10-1-3-11(4-2-10)20(17,18)13-7-9-8-19-6-5-12-9/h1-4,9,12-13H,5-8H2. The molecule has 1 aromatic carbocycles. The summed E-state index contributed by atoms with van der Waals surface area (Å²) in [5.74, 6) is 0. The normalized spacial score (nSPS) is 19.7. The number of nitrogens with zero attached hydrogens (tertiary/aromatic N) is 1. The Balaban J connectivity index is 2.00. The number of rotatable bonds is 5. The van der Waals surface area contributed by atoms with Crippen LogP contribution in [0.4, 0.5) is 5.69 Å². The van der Waals surface area contributed by atoms with E-state index in [9.17, 15) is 18.5 Å². The molecule has 1 fully saturated rings. The molecule has 9 heteroatoms. The lowest BCUT2D eigenvalue weighted by molar-refractivity contribution is -0.384. The van der Waals surface area contributed by atoms with Crippen LogP contribution in [-0.4, -0.2) is 45.7 Å². The smallest absolute Gasteiger partial charge is 0.269 e. The first-order valence-corrected chi connectivity index (χ1v) is 7.52. The van der Waals surface area contributed by atoms with E-state index in [0.29, 0.717) is 19.8 Å². The van der Waals surface area contributed by atoms with Gasteiger partial charge in [-0.1, -0.05) is 0 Å². The van der Waals surface area contributed by atoms with E-state index in [2.05, 4.69) is 10.0 Å². The number of hydrogen-bond donors (Lipinski definition) is 2. The van der Waals surface area contributed by atoms with Gasteiger partial charge in [-0.15, -0.1) is 0 Å². The molecule has 1 heterocycles. The summed E-state index contributed by atoms with van der Waals surface area (Å²) in [6.45, 7) is 1.96. The average Bonchev–Trinajstić information content (AvgIpc) is 2.46. The minimum Gasteiger partial charge on any atom is -0.378 e. The fourth-order valence-electron chi connectivity index (χ4n) is 1.79. The highest BCUT2D eigenvalue weighted by molar-refractivity contribution is 7.89. The number of sulfonamides is 1. The Morgan fingerprint density at radius 2 is 2.10 bits per heavy atom. The van der Waals surface area contributed by atoms with E-state index < -0.39 is 14.9 Å². The van der Waals surface area contributed by atoms with E-state index in [4.69, 9.17) is 4.74 Å². The molecule has 0 amide bonds. The minimum absolute atomic E-state index is 0.000159. The van der Waals surface area contributed by atoms with Gasteiger partial charge in [-0.05, 0) is 12.1 Å². The lowest BCUT2D eigenvalue weighted by Crippen LogP contribution is -2.48. The predicted molar refractivity (Wildman–Crippen MR) is 70.9 cm³/mol. The Morgan fingerprint density at radius 1 is 1.40 bits per heavy atom. The molecule has 1 saturated heterocycles. The third-order valence-corrected chi connectivity index (χ3v) is 4.32. The summed E-state index contributed by atoms with van der Waals surface area (Å²) < 4.78 is 31.7. The fraction of sp³-hybridized carbons (Fsp3) is 0.455. The highest BCUT2D eigenvalue weighted by atomic mass is 32.2. The second-order valence-electron chi connectivity index (χ2n) is 4.33. The summed E-state index contributed by atoms with van der Waals surface area (Å²) in [5, 5.41) is 13.6. The lowest BCUT2D eigenvalue weighted by atomic mass is 10.3. The van der Waals surface area contributed by atoms with Crippen LogP contribution in [-0.2, 0) is 14.8 Å². The van der Waals surface area contributed by atoms with Crippen molar-refractivity contribution in [1.29, 1.82) is 0 Å². The van der Waals surface area contributed by atoms with Gasteiger partial charge in [0, 0.05) is 31.3 Å². The van der Waals surface area contributed by atoms with Gasteiger partial charge in [0.2, 0.25) is 10.0 Å². The second-order valence-corrected chi connectivity index (χ2v) is 6.10. The van der Waals surface area contributed by atoms with Gasteiger partial charge in [-0.25, -0.2) is 13.1 Å². The molecule has 0 spiro atoms. The maximum Gasteiger partial charge on any atom is 0.269 e. The van der Waals surface area contributed by atoms with E-state index in [0.717, 1.165) is 12.1 Å². The van der Waals surface area contributed by atoms with Crippen molar-refractivity contribution < 1.29 is 18.1 Å². The van der Waals surface area contributed by atoms with Crippen molar-refractivity contribution >= 4 is 15.7 Å². The Labute approximate surface area is 116 Å². The van der Waals surface area contributed by atoms with Gasteiger partial charge in [0.1, 0.15) is 0 Å². The van der Waals surface area contributed by atoms with Crippen molar-refractivity contribution in [2.24, 2.45) is 0 Å². The van der Waals surface area contributed by atoms with E-state index in [1.54, 1.807) is 0 Å². The summed E-state index contributed by atoms with van der Waals surface area (Å²) in [4.78, 5) is 9.94. The summed E-state index contributed by atoms with van der Waals surface area (Å²) >= 11 is 0. The number of non-ortho nitro benzene ring substituents is 1. The van der Waals surface area contributed by atoms with Gasteiger partial charge < -0.3 is 10.1 Å². The number of hydrogen-bond acceptors (Lipinski definition) is 6. The fourth-order valence-corrected chi connectivity index (χ4v) is 2.87. The van der Waals surface area contributed by atoms with Crippen LogP contribution < -0.4 is 10.0 Å². The Bertz CT molecular complexity index is 566. The van der Waals surface area contributed by atoms with Crippen LogP contribution >= 0.6 is 0 Å². The van der Waals surface area contributed by atoms with Crippen LogP contribution in [0, 0.1) is 10.1 Å². The van der Waals surface area contributed by atoms with Gasteiger partial charge >= 0.3 is 0 Å². The van der Waals surface area contributed by atoms with E-state index in [1.807, 2.05) is 0 Å². The zero-order valence-corrected chi connectivity index (χ0v) is 11.4. The number of nitro benzene ring substituents is 1. The molecule has 0 bridgehead atoms. The first kappa shape index (κ1) is 14.9. The van der Waals surface area contributed by atoms with Crippen molar-refractivity contribution in [2.75, 3.05) is 26.3 Å². The Kier molecular flexibility index (Phi) is 4.65. The van der Waals surface area contributed by atoms with E-state index in [1.165, 1.54) is 12.1 Å². The van der Waals surface area contributed by atoms with Crippen molar-refractivity contribution in [2.45, 2.75) is 10.9 Å².